The van der Waals surface area contributed by atoms with Gasteiger partial charge in [-0.2, -0.15) is 0 Å². The molecule has 0 unspecified atom stereocenters. The number of imidazole rings is 1. The van der Waals surface area contributed by atoms with Gasteiger partial charge in [-0.3, -0.25) is 4.57 Å². The predicted molar refractivity (Wildman–Crippen MR) is 34.7 cm³/mol. The third-order valence-corrected chi connectivity index (χ3v) is 2.59. The second kappa shape index (κ2) is 1.49. The van der Waals surface area contributed by atoms with E-state index in [1.165, 1.54) is 17.0 Å². The summed E-state index contributed by atoms with van der Waals surface area (Å²) in [5, 5.41) is 1.24. The van der Waals surface area contributed by atoms with E-state index >= 15 is 0 Å². The van der Waals surface area contributed by atoms with E-state index in [9.17, 15) is 8.42 Å². The van der Waals surface area contributed by atoms with Crippen LogP contribution in [0.25, 0.3) is 6.20 Å². The highest BCUT2D eigenvalue weighted by molar-refractivity contribution is 7.94. The lowest BCUT2D eigenvalue weighted by Crippen LogP contribution is -1.95. The average molecular weight is 156 g/mol. The van der Waals surface area contributed by atoms with Gasteiger partial charge in [0, 0.05) is 18.6 Å². The van der Waals surface area contributed by atoms with Crippen LogP contribution in [0.3, 0.4) is 0 Å². The van der Waals surface area contributed by atoms with Crippen LogP contribution >= 0.6 is 0 Å². The predicted octanol–water partition coefficient (Wildman–Crippen LogP) is 0.0986. The Kier molecular flexibility index (Phi) is 0.843. The van der Waals surface area contributed by atoms with Gasteiger partial charge in [0.05, 0.1) is 5.41 Å². The Morgan fingerprint density at radius 3 is 3.00 bits per heavy atom. The molecule has 0 saturated heterocycles. The Morgan fingerprint density at radius 2 is 2.30 bits per heavy atom. The van der Waals surface area contributed by atoms with Crippen molar-refractivity contribution in [3.05, 3.63) is 17.8 Å². The van der Waals surface area contributed by atoms with E-state index in [0.717, 1.165) is 5.41 Å². The van der Waals surface area contributed by atoms with Gasteiger partial charge in [-0.1, -0.05) is 0 Å². The molecule has 0 aromatic carbocycles. The van der Waals surface area contributed by atoms with Crippen molar-refractivity contribution < 1.29 is 8.42 Å². The smallest absolute Gasteiger partial charge is 0.236 e. The van der Waals surface area contributed by atoms with Crippen LogP contribution in [0.2, 0.25) is 0 Å². The molecule has 1 aromatic heterocycles. The van der Waals surface area contributed by atoms with Crippen molar-refractivity contribution in [3.8, 4) is 0 Å². The second-order valence-corrected chi connectivity index (χ2v) is 3.67. The fourth-order valence-electron chi connectivity index (χ4n) is 0.840. The summed E-state index contributed by atoms with van der Waals surface area (Å²) in [4.78, 5) is 3.66. The van der Waals surface area contributed by atoms with Gasteiger partial charge in [0.15, 0.2) is 0 Å². The molecule has 4 nitrogen and oxygen atoms in total. The molecule has 0 aliphatic carbocycles. The van der Waals surface area contributed by atoms with Crippen molar-refractivity contribution in [1.82, 2.24) is 9.55 Å². The Balaban J connectivity index is 2.88. The van der Waals surface area contributed by atoms with E-state index in [2.05, 4.69) is 4.98 Å². The third-order valence-electron chi connectivity index (χ3n) is 1.29. The molecule has 0 N–H and O–H groups in total. The summed E-state index contributed by atoms with van der Waals surface area (Å²) in [5.41, 5.74) is 0. The van der Waals surface area contributed by atoms with Crippen molar-refractivity contribution in [2.24, 2.45) is 0 Å². The summed E-state index contributed by atoms with van der Waals surface area (Å²) in [6.07, 6.45) is 4.52. The maximum absolute atomic E-state index is 10.9. The first-order valence-electron chi connectivity index (χ1n) is 2.66. The van der Waals surface area contributed by atoms with Gasteiger partial charge in [0.2, 0.25) is 15.0 Å². The average Bonchev–Trinajstić information content (AvgIpc) is 2.36. The minimum Gasteiger partial charge on any atom is -0.297 e. The Bertz CT molecular complexity index is 388. The molecule has 0 spiro atoms. The van der Waals surface area contributed by atoms with Crippen LogP contribution in [-0.2, 0) is 9.84 Å². The zero-order valence-corrected chi connectivity index (χ0v) is 5.75. The molecule has 2 heterocycles. The van der Waals surface area contributed by atoms with Crippen LogP contribution in [0.1, 0.15) is 0 Å². The molecule has 5 heteroatoms. The van der Waals surface area contributed by atoms with E-state index in [0.29, 0.717) is 0 Å². The molecular weight excluding hydrogens is 152 g/mol. The van der Waals surface area contributed by atoms with Gasteiger partial charge in [0.1, 0.15) is 0 Å². The number of fused-ring (bicyclic) bond motifs is 1. The van der Waals surface area contributed by atoms with Crippen molar-refractivity contribution in [2.75, 3.05) is 0 Å². The maximum atomic E-state index is 10.9. The number of hydrogen-bond acceptors (Lipinski definition) is 3. The van der Waals surface area contributed by atoms with Crippen molar-refractivity contribution in [2.45, 2.75) is 5.16 Å². The van der Waals surface area contributed by atoms with E-state index in [4.69, 9.17) is 0 Å². The largest absolute Gasteiger partial charge is 0.297 e. The lowest BCUT2D eigenvalue weighted by atomic mass is 10.9. The fraction of sp³-hybridized carbons (Fsp3) is 0. The summed E-state index contributed by atoms with van der Waals surface area (Å²) < 4.78 is 23.4. The first kappa shape index (κ1) is 5.67. The van der Waals surface area contributed by atoms with Gasteiger partial charge >= 0.3 is 0 Å². The zero-order chi connectivity index (χ0) is 7.19. The highest BCUT2D eigenvalue weighted by Crippen LogP contribution is 2.16. The molecule has 52 valence electrons. The molecule has 10 heavy (non-hydrogen) atoms. The fourth-order valence-corrected chi connectivity index (χ4v) is 1.88. The van der Waals surface area contributed by atoms with Gasteiger partial charge in [0.25, 0.3) is 0 Å². The number of rotatable bonds is 0. The van der Waals surface area contributed by atoms with Crippen LogP contribution in [0, 0.1) is 0 Å². The molecule has 0 bridgehead atoms. The summed E-state index contributed by atoms with van der Waals surface area (Å²) in [6.45, 7) is 0. The van der Waals surface area contributed by atoms with Crippen molar-refractivity contribution in [3.63, 3.8) is 0 Å². The summed E-state index contributed by atoms with van der Waals surface area (Å²) in [6, 6.07) is 0. The van der Waals surface area contributed by atoms with Crippen LogP contribution in [0.4, 0.5) is 0 Å². The maximum Gasteiger partial charge on any atom is 0.236 e. The topological polar surface area (TPSA) is 52.0 Å². The molecule has 1 aromatic rings. The monoisotopic (exact) mass is 156 g/mol. The van der Waals surface area contributed by atoms with Gasteiger partial charge in [-0.15, -0.1) is 0 Å². The zero-order valence-electron chi connectivity index (χ0n) is 4.93. The van der Waals surface area contributed by atoms with E-state index in [-0.39, 0.29) is 5.16 Å². The normalized spacial score (nSPS) is 19.2. The quantitative estimate of drug-likeness (QED) is 0.535. The first-order valence-corrected chi connectivity index (χ1v) is 4.21. The van der Waals surface area contributed by atoms with E-state index in [1.54, 1.807) is 6.20 Å². The lowest BCUT2D eigenvalue weighted by Gasteiger charge is -1.87. The number of hydrogen-bond donors (Lipinski definition) is 0. The molecule has 1 aliphatic rings. The first-order chi connectivity index (χ1) is 4.70. The molecule has 1 aliphatic heterocycles. The number of sulfone groups is 1. The van der Waals surface area contributed by atoms with Crippen LogP contribution in [0.5, 0.6) is 0 Å². The lowest BCUT2D eigenvalue weighted by molar-refractivity contribution is 0.597. The highest BCUT2D eigenvalue weighted by atomic mass is 32.2. The molecule has 0 atom stereocenters. The molecular formula is C5H4N2O2S. The summed E-state index contributed by atoms with van der Waals surface area (Å²) in [7, 11) is -3.19. The minimum absolute atomic E-state index is 0.104. The SMILES string of the molecule is O=S1(=O)C=Cn2ccnc21. The third kappa shape index (κ3) is 0.550. The van der Waals surface area contributed by atoms with E-state index in [1.807, 2.05) is 0 Å². The minimum atomic E-state index is -3.19. The Labute approximate surface area is 57.7 Å². The van der Waals surface area contributed by atoms with Crippen LogP contribution < -0.4 is 0 Å². The van der Waals surface area contributed by atoms with Crippen LogP contribution in [-0.4, -0.2) is 18.0 Å². The number of nitrogens with zero attached hydrogens (tertiary/aromatic N) is 2. The molecule has 0 fully saturated rings. The standard InChI is InChI=1S/C5H4N2O2S/c8-10(9)4-3-7-2-1-6-5(7)10/h1-4H. The number of aromatic nitrogens is 2. The molecule has 0 saturated carbocycles. The summed E-state index contributed by atoms with van der Waals surface area (Å²) in [5.74, 6) is 0. The van der Waals surface area contributed by atoms with Gasteiger partial charge < -0.3 is 0 Å². The van der Waals surface area contributed by atoms with Crippen molar-refractivity contribution >= 4 is 16.0 Å². The second-order valence-electron chi connectivity index (χ2n) is 1.95. The van der Waals surface area contributed by atoms with Gasteiger partial charge in [-0.05, 0) is 0 Å². The Hall–Kier alpha value is -1.10. The van der Waals surface area contributed by atoms with Crippen molar-refractivity contribution in [1.29, 1.82) is 0 Å². The Morgan fingerprint density at radius 1 is 1.50 bits per heavy atom. The molecule has 0 amide bonds. The highest BCUT2D eigenvalue weighted by Gasteiger charge is 2.21. The summed E-state index contributed by atoms with van der Waals surface area (Å²) >= 11 is 0. The molecule has 2 rings (SSSR count). The molecule has 0 radical (unpaired) electrons. The van der Waals surface area contributed by atoms with E-state index < -0.39 is 9.84 Å². The van der Waals surface area contributed by atoms with Gasteiger partial charge in [-0.25, -0.2) is 13.4 Å². The van der Waals surface area contributed by atoms with Crippen LogP contribution in [0.15, 0.2) is 23.0 Å².